The highest BCUT2D eigenvalue weighted by Crippen LogP contribution is 2.17. The first-order chi connectivity index (χ1) is 7.10. The molecule has 1 heterocycles. The Morgan fingerprint density at radius 2 is 2.13 bits per heavy atom. The second kappa shape index (κ2) is 5.06. The van der Waals surface area contributed by atoms with Gasteiger partial charge < -0.3 is 15.2 Å². The van der Waals surface area contributed by atoms with Crippen molar-refractivity contribution in [1.29, 1.82) is 0 Å². The number of ether oxygens (including phenoxy) is 2. The fourth-order valence-electron chi connectivity index (χ4n) is 1.08. The summed E-state index contributed by atoms with van der Waals surface area (Å²) in [5.74, 6) is -0.309. The Kier molecular flexibility index (Phi) is 4.02. The molecule has 0 amide bonds. The first-order valence-corrected chi connectivity index (χ1v) is 4.48. The van der Waals surface area contributed by atoms with Crippen molar-refractivity contribution in [1.82, 2.24) is 4.98 Å². The zero-order valence-corrected chi connectivity index (χ0v) is 9.12. The number of halogens is 1. The van der Waals surface area contributed by atoms with Crippen molar-refractivity contribution in [2.75, 3.05) is 20.0 Å². The molecule has 0 fully saturated rings. The Balaban J connectivity index is 3.04. The van der Waals surface area contributed by atoms with Gasteiger partial charge in [-0.1, -0.05) is 11.6 Å². The monoisotopic (exact) mass is 230 g/mol. The number of rotatable bonds is 4. The largest absolute Gasteiger partial charge is 0.383 e. The average molecular weight is 231 g/mol. The molecule has 2 N–H and O–H groups in total. The summed E-state index contributed by atoms with van der Waals surface area (Å²) in [4.78, 5) is 15.5. The number of hydrogen-bond acceptors (Lipinski definition) is 5. The first kappa shape index (κ1) is 11.9. The van der Waals surface area contributed by atoms with Crippen molar-refractivity contribution in [2.45, 2.75) is 6.29 Å². The minimum Gasteiger partial charge on any atom is -0.383 e. The van der Waals surface area contributed by atoms with Crippen molar-refractivity contribution in [3.8, 4) is 0 Å². The highest BCUT2D eigenvalue weighted by atomic mass is 35.5. The Bertz CT molecular complexity index is 366. The molecule has 0 aliphatic carbocycles. The van der Waals surface area contributed by atoms with Crippen LogP contribution in [0.5, 0.6) is 0 Å². The number of anilines is 1. The van der Waals surface area contributed by atoms with Crippen molar-refractivity contribution in [2.24, 2.45) is 0 Å². The molecule has 1 rings (SSSR count). The minimum atomic E-state index is -0.993. The molecule has 5 nitrogen and oxygen atoms in total. The van der Waals surface area contributed by atoms with Crippen molar-refractivity contribution in [3.05, 3.63) is 22.8 Å². The number of hydrogen-bond donors (Lipinski definition) is 1. The third-order valence-electron chi connectivity index (χ3n) is 1.79. The molecule has 0 bridgehead atoms. The van der Waals surface area contributed by atoms with Crippen LogP contribution < -0.4 is 5.73 Å². The molecule has 1 aromatic heterocycles. The molecule has 0 saturated heterocycles. The third-order valence-corrected chi connectivity index (χ3v) is 2.00. The summed E-state index contributed by atoms with van der Waals surface area (Å²) in [5, 5.41) is 0.332. The summed E-state index contributed by atoms with van der Waals surface area (Å²) in [7, 11) is 2.72. The van der Waals surface area contributed by atoms with Gasteiger partial charge in [0.25, 0.3) is 0 Å². The average Bonchev–Trinajstić information content (AvgIpc) is 2.23. The van der Waals surface area contributed by atoms with Gasteiger partial charge in [0.15, 0.2) is 0 Å². The number of carbonyl (C=O) groups excluding carboxylic acids is 1. The van der Waals surface area contributed by atoms with Gasteiger partial charge in [-0.05, 0) is 6.07 Å². The summed E-state index contributed by atoms with van der Waals surface area (Å²) in [6.45, 7) is 0. The predicted octanol–water partition coefficient (Wildman–Crippen LogP) is 1.12. The van der Waals surface area contributed by atoms with Crippen molar-refractivity contribution >= 4 is 23.2 Å². The first-order valence-electron chi connectivity index (χ1n) is 4.11. The Labute approximate surface area is 92.1 Å². The summed E-state index contributed by atoms with van der Waals surface area (Å²) in [5.41, 5.74) is 5.73. The number of pyridine rings is 1. The maximum Gasteiger partial charge on any atom is 0.222 e. The van der Waals surface area contributed by atoms with E-state index < -0.39 is 12.1 Å². The quantitative estimate of drug-likeness (QED) is 0.620. The lowest BCUT2D eigenvalue weighted by molar-refractivity contribution is -0.0741. The van der Waals surface area contributed by atoms with Crippen LogP contribution in [0.2, 0.25) is 5.02 Å². The normalized spacial score (nSPS) is 10.7. The van der Waals surface area contributed by atoms with Gasteiger partial charge in [0.2, 0.25) is 12.1 Å². The van der Waals surface area contributed by atoms with Crippen LogP contribution in [0.1, 0.15) is 10.4 Å². The molecule has 0 aromatic carbocycles. The highest BCUT2D eigenvalue weighted by Gasteiger charge is 2.21. The molecule has 0 atom stereocenters. The Morgan fingerprint density at radius 1 is 1.53 bits per heavy atom. The molecule has 0 spiro atoms. The number of nitrogens with two attached hydrogens (primary N) is 1. The lowest BCUT2D eigenvalue weighted by Gasteiger charge is -2.12. The van der Waals surface area contributed by atoms with E-state index in [2.05, 4.69) is 4.98 Å². The van der Waals surface area contributed by atoms with Crippen LogP contribution in [0, 0.1) is 0 Å². The van der Waals surface area contributed by atoms with Gasteiger partial charge in [0, 0.05) is 20.4 Å². The standard InChI is InChI=1S/C9H11ClN2O3/c1-14-9(15-2)7(13)6-3-5(10)4-12-8(6)11/h3-4,9H,1-2H3,(H2,11,12). The van der Waals surface area contributed by atoms with E-state index in [0.717, 1.165) is 0 Å². The van der Waals surface area contributed by atoms with E-state index >= 15 is 0 Å². The number of aromatic nitrogens is 1. The van der Waals surface area contributed by atoms with Crippen molar-refractivity contribution < 1.29 is 14.3 Å². The minimum absolute atomic E-state index is 0.100. The number of ketones is 1. The summed E-state index contributed by atoms with van der Waals surface area (Å²) in [6, 6.07) is 1.43. The van der Waals surface area contributed by atoms with Crippen LogP contribution in [0.15, 0.2) is 12.3 Å². The SMILES string of the molecule is COC(OC)C(=O)c1cc(Cl)cnc1N. The van der Waals surface area contributed by atoms with E-state index in [4.69, 9.17) is 26.8 Å². The highest BCUT2D eigenvalue weighted by molar-refractivity contribution is 6.31. The van der Waals surface area contributed by atoms with E-state index in [1.807, 2.05) is 0 Å². The second-order valence-corrected chi connectivity index (χ2v) is 3.19. The fraction of sp³-hybridized carbons (Fsp3) is 0.333. The molecule has 0 saturated carbocycles. The van der Waals surface area contributed by atoms with E-state index in [1.54, 1.807) is 0 Å². The zero-order valence-electron chi connectivity index (χ0n) is 8.36. The molecule has 82 valence electrons. The Hall–Kier alpha value is -1.17. The van der Waals surface area contributed by atoms with Crippen LogP contribution in [0.4, 0.5) is 5.82 Å². The lowest BCUT2D eigenvalue weighted by atomic mass is 10.1. The lowest BCUT2D eigenvalue weighted by Crippen LogP contribution is -2.26. The van der Waals surface area contributed by atoms with E-state index in [1.165, 1.54) is 26.5 Å². The second-order valence-electron chi connectivity index (χ2n) is 2.75. The summed E-state index contributed by atoms with van der Waals surface area (Å²) in [6.07, 6.45) is 0.370. The van der Waals surface area contributed by atoms with E-state index in [0.29, 0.717) is 5.02 Å². The number of nitrogen functional groups attached to an aromatic ring is 1. The summed E-state index contributed by atoms with van der Waals surface area (Å²) >= 11 is 5.70. The predicted molar refractivity (Wildman–Crippen MR) is 55.8 cm³/mol. The molecule has 0 aliphatic heterocycles. The molecule has 1 aromatic rings. The maximum atomic E-state index is 11.8. The van der Waals surface area contributed by atoms with Gasteiger partial charge in [0.1, 0.15) is 5.82 Å². The third kappa shape index (κ3) is 2.65. The molecule has 0 radical (unpaired) electrons. The molecule has 15 heavy (non-hydrogen) atoms. The van der Waals surface area contributed by atoms with Gasteiger partial charge in [-0.25, -0.2) is 4.98 Å². The smallest absolute Gasteiger partial charge is 0.222 e. The van der Waals surface area contributed by atoms with Gasteiger partial charge in [-0.15, -0.1) is 0 Å². The number of nitrogens with zero attached hydrogens (tertiary/aromatic N) is 1. The van der Waals surface area contributed by atoms with Crippen molar-refractivity contribution in [3.63, 3.8) is 0 Å². The van der Waals surface area contributed by atoms with Gasteiger partial charge in [-0.3, -0.25) is 4.79 Å². The molecule has 6 heteroatoms. The van der Waals surface area contributed by atoms with Gasteiger partial charge >= 0.3 is 0 Å². The Morgan fingerprint density at radius 3 is 2.67 bits per heavy atom. The zero-order chi connectivity index (χ0) is 11.4. The number of methoxy groups -OCH3 is 2. The fourth-order valence-corrected chi connectivity index (χ4v) is 1.24. The molecular weight excluding hydrogens is 220 g/mol. The van der Waals surface area contributed by atoms with E-state index in [-0.39, 0.29) is 11.4 Å². The van der Waals surface area contributed by atoms with Crippen LogP contribution in [-0.4, -0.2) is 31.3 Å². The number of carbonyl (C=O) groups is 1. The van der Waals surface area contributed by atoms with E-state index in [9.17, 15) is 4.79 Å². The van der Waals surface area contributed by atoms with Crippen LogP contribution in [-0.2, 0) is 9.47 Å². The topological polar surface area (TPSA) is 74.4 Å². The van der Waals surface area contributed by atoms with Crippen LogP contribution >= 0.6 is 11.6 Å². The summed E-state index contributed by atoms with van der Waals surface area (Å²) < 4.78 is 9.62. The van der Waals surface area contributed by atoms with Gasteiger partial charge in [-0.2, -0.15) is 0 Å². The van der Waals surface area contributed by atoms with Crippen LogP contribution in [0.3, 0.4) is 0 Å². The maximum absolute atomic E-state index is 11.8. The molecule has 0 unspecified atom stereocenters. The number of Topliss-reactive ketones (excluding diaryl/α,β-unsaturated/α-hetero) is 1. The van der Waals surface area contributed by atoms with Gasteiger partial charge in [0.05, 0.1) is 10.6 Å². The molecular formula is C9H11ClN2O3. The van der Waals surface area contributed by atoms with Crippen LogP contribution in [0.25, 0.3) is 0 Å². The molecule has 0 aliphatic rings.